The van der Waals surface area contributed by atoms with Crippen LogP contribution in [0.2, 0.25) is 0 Å². The van der Waals surface area contributed by atoms with Gasteiger partial charge in [-0.2, -0.15) is 0 Å². The molecule has 6 heteroatoms. The largest absolute Gasteiger partial charge is 0.314 e. The molecule has 1 heterocycles. The minimum atomic E-state index is -0.417. The van der Waals surface area contributed by atoms with Crippen molar-refractivity contribution in [2.75, 3.05) is 26.2 Å². The lowest BCUT2D eigenvalue weighted by Crippen LogP contribution is -2.45. The van der Waals surface area contributed by atoms with E-state index in [4.69, 9.17) is 0 Å². The van der Waals surface area contributed by atoms with Crippen molar-refractivity contribution < 1.29 is 8.78 Å². The molecule has 0 unspecified atom stereocenters. The highest BCUT2D eigenvalue weighted by atomic mass is 35.5. The average Bonchev–Trinajstić information content (AvgIpc) is 2.43. The number of unbranched alkanes of at least 4 members (excludes halogenated alkanes) is 1. The Hall–Kier alpha value is -0.420. The monoisotopic (exact) mass is 340 g/mol. The van der Waals surface area contributed by atoms with Gasteiger partial charge in [-0.3, -0.25) is 4.90 Å². The van der Waals surface area contributed by atoms with Gasteiger partial charge in [-0.15, -0.1) is 24.8 Å². The Balaban J connectivity index is 0.00000200. The average molecular weight is 341 g/mol. The van der Waals surface area contributed by atoms with Crippen LogP contribution in [0.25, 0.3) is 0 Å². The maximum Gasteiger partial charge on any atom is 0.130 e. The number of halogens is 4. The van der Waals surface area contributed by atoms with Crippen molar-refractivity contribution in [1.29, 1.82) is 0 Å². The molecule has 0 bridgehead atoms. The van der Waals surface area contributed by atoms with Crippen LogP contribution in [-0.2, 0) is 0 Å². The molecule has 0 radical (unpaired) electrons. The highest BCUT2D eigenvalue weighted by molar-refractivity contribution is 5.85. The summed E-state index contributed by atoms with van der Waals surface area (Å²) < 4.78 is 28.0. The quantitative estimate of drug-likeness (QED) is 0.873. The zero-order valence-electron chi connectivity index (χ0n) is 12.3. The van der Waals surface area contributed by atoms with E-state index in [9.17, 15) is 8.78 Å². The van der Waals surface area contributed by atoms with Crippen molar-refractivity contribution >= 4 is 24.8 Å². The number of piperazine rings is 1. The first-order valence-electron chi connectivity index (χ1n) is 7.12. The molecular weight excluding hydrogens is 317 g/mol. The molecule has 1 aromatic carbocycles. The van der Waals surface area contributed by atoms with Crippen molar-refractivity contribution in [2.45, 2.75) is 32.2 Å². The Labute approximate surface area is 138 Å². The summed E-state index contributed by atoms with van der Waals surface area (Å²) in [6, 6.07) is 4.02. The zero-order valence-corrected chi connectivity index (χ0v) is 13.9. The maximum absolute atomic E-state index is 14.0. The smallest absolute Gasteiger partial charge is 0.130 e. The molecule has 1 N–H and O–H groups in total. The molecule has 0 saturated carbocycles. The Kier molecular flexibility index (Phi) is 10.1. The SMILES string of the molecule is CCCC[C@@H](c1c(F)cccc1F)N1CCNCC1.Cl.Cl. The second-order valence-corrected chi connectivity index (χ2v) is 5.08. The molecule has 0 amide bonds. The van der Waals surface area contributed by atoms with Crippen LogP contribution in [0.3, 0.4) is 0 Å². The van der Waals surface area contributed by atoms with Gasteiger partial charge in [0, 0.05) is 37.8 Å². The fourth-order valence-electron chi connectivity index (χ4n) is 2.73. The van der Waals surface area contributed by atoms with Crippen LogP contribution in [0.1, 0.15) is 37.8 Å². The van der Waals surface area contributed by atoms with Crippen LogP contribution in [0.5, 0.6) is 0 Å². The first kappa shape index (κ1) is 20.6. The number of nitrogens with zero attached hydrogens (tertiary/aromatic N) is 1. The summed E-state index contributed by atoms with van der Waals surface area (Å²) >= 11 is 0. The van der Waals surface area contributed by atoms with Crippen molar-refractivity contribution in [3.63, 3.8) is 0 Å². The molecule has 1 aliphatic heterocycles. The van der Waals surface area contributed by atoms with E-state index in [2.05, 4.69) is 17.1 Å². The molecule has 1 atom stereocenters. The van der Waals surface area contributed by atoms with Crippen molar-refractivity contribution in [1.82, 2.24) is 10.2 Å². The third-order valence-corrected chi connectivity index (χ3v) is 3.76. The summed E-state index contributed by atoms with van der Waals surface area (Å²) in [6.07, 6.45) is 2.84. The van der Waals surface area contributed by atoms with Gasteiger partial charge in [0.15, 0.2) is 0 Å². The van der Waals surface area contributed by atoms with E-state index in [1.807, 2.05) is 0 Å². The fraction of sp³-hybridized carbons (Fsp3) is 0.600. The van der Waals surface area contributed by atoms with Gasteiger partial charge in [0.2, 0.25) is 0 Å². The Morgan fingerprint density at radius 3 is 2.24 bits per heavy atom. The van der Waals surface area contributed by atoms with Gasteiger partial charge < -0.3 is 5.32 Å². The summed E-state index contributed by atoms with van der Waals surface area (Å²) in [5.74, 6) is -0.834. The van der Waals surface area contributed by atoms with Gasteiger partial charge in [-0.1, -0.05) is 25.8 Å². The Bertz CT molecular complexity index is 392. The van der Waals surface area contributed by atoms with Crippen LogP contribution >= 0.6 is 24.8 Å². The lowest BCUT2D eigenvalue weighted by Gasteiger charge is -2.35. The van der Waals surface area contributed by atoms with E-state index in [-0.39, 0.29) is 36.4 Å². The minimum Gasteiger partial charge on any atom is -0.314 e. The van der Waals surface area contributed by atoms with E-state index in [1.54, 1.807) is 0 Å². The number of hydrogen-bond donors (Lipinski definition) is 1. The van der Waals surface area contributed by atoms with Crippen molar-refractivity contribution in [3.8, 4) is 0 Å². The molecular formula is C15H24Cl2F2N2. The first-order valence-corrected chi connectivity index (χ1v) is 7.12. The predicted molar refractivity (Wildman–Crippen MR) is 87.6 cm³/mol. The highest BCUT2D eigenvalue weighted by Gasteiger charge is 2.26. The van der Waals surface area contributed by atoms with Gasteiger partial charge in [0.05, 0.1) is 0 Å². The molecule has 2 rings (SSSR count). The van der Waals surface area contributed by atoms with Crippen LogP contribution < -0.4 is 5.32 Å². The van der Waals surface area contributed by atoms with E-state index in [0.717, 1.165) is 45.4 Å². The van der Waals surface area contributed by atoms with Gasteiger partial charge in [-0.25, -0.2) is 8.78 Å². The summed E-state index contributed by atoms with van der Waals surface area (Å²) in [6.45, 7) is 5.58. The minimum absolute atomic E-state index is 0. The van der Waals surface area contributed by atoms with Gasteiger partial charge >= 0.3 is 0 Å². The van der Waals surface area contributed by atoms with Crippen LogP contribution in [0.15, 0.2) is 18.2 Å². The summed E-state index contributed by atoms with van der Waals surface area (Å²) in [5.41, 5.74) is 0.248. The van der Waals surface area contributed by atoms with Crippen LogP contribution in [-0.4, -0.2) is 31.1 Å². The Morgan fingerprint density at radius 2 is 1.71 bits per heavy atom. The lowest BCUT2D eigenvalue weighted by atomic mass is 9.97. The summed E-state index contributed by atoms with van der Waals surface area (Å²) in [4.78, 5) is 2.20. The molecule has 1 aliphatic rings. The van der Waals surface area contributed by atoms with E-state index in [1.165, 1.54) is 18.2 Å². The summed E-state index contributed by atoms with van der Waals surface area (Å²) in [7, 11) is 0. The van der Waals surface area contributed by atoms with Gasteiger partial charge in [0.1, 0.15) is 11.6 Å². The predicted octanol–water partition coefficient (Wildman–Crippen LogP) is 3.94. The van der Waals surface area contributed by atoms with Crippen LogP contribution in [0.4, 0.5) is 8.78 Å². The Morgan fingerprint density at radius 1 is 1.14 bits per heavy atom. The molecule has 21 heavy (non-hydrogen) atoms. The second kappa shape index (κ2) is 10.3. The maximum atomic E-state index is 14.0. The first-order chi connectivity index (χ1) is 9.24. The number of rotatable bonds is 5. The molecule has 0 aliphatic carbocycles. The molecule has 2 nitrogen and oxygen atoms in total. The summed E-state index contributed by atoms with van der Waals surface area (Å²) in [5, 5.41) is 3.28. The van der Waals surface area contributed by atoms with Crippen molar-refractivity contribution in [2.24, 2.45) is 0 Å². The second-order valence-electron chi connectivity index (χ2n) is 5.08. The molecule has 1 saturated heterocycles. The molecule has 0 spiro atoms. The van der Waals surface area contributed by atoms with E-state index >= 15 is 0 Å². The third kappa shape index (κ3) is 5.37. The van der Waals surface area contributed by atoms with E-state index in [0.29, 0.717) is 0 Å². The van der Waals surface area contributed by atoms with Gasteiger partial charge in [0.25, 0.3) is 0 Å². The number of benzene rings is 1. The standard InChI is InChI=1S/C15H22F2N2.2ClH/c1-2-3-7-14(19-10-8-18-9-11-19)15-12(16)5-4-6-13(15)17;;/h4-6,14,18H,2-3,7-11H2,1H3;2*1H/t14-;;/m0../s1. The topological polar surface area (TPSA) is 15.3 Å². The molecule has 122 valence electrons. The molecule has 1 fully saturated rings. The fourth-order valence-corrected chi connectivity index (χ4v) is 2.73. The highest BCUT2D eigenvalue weighted by Crippen LogP contribution is 2.30. The number of nitrogens with one attached hydrogen (secondary N) is 1. The normalized spacial score (nSPS) is 16.7. The number of hydrogen-bond acceptors (Lipinski definition) is 2. The zero-order chi connectivity index (χ0) is 13.7. The third-order valence-electron chi connectivity index (χ3n) is 3.76. The molecule has 1 aromatic rings. The van der Waals surface area contributed by atoms with Crippen LogP contribution in [0, 0.1) is 11.6 Å². The van der Waals surface area contributed by atoms with Gasteiger partial charge in [-0.05, 0) is 18.6 Å². The van der Waals surface area contributed by atoms with Crippen molar-refractivity contribution in [3.05, 3.63) is 35.4 Å². The molecule has 0 aromatic heterocycles. The lowest BCUT2D eigenvalue weighted by molar-refractivity contribution is 0.156. The van der Waals surface area contributed by atoms with E-state index < -0.39 is 11.6 Å².